The molecule has 1 unspecified atom stereocenters. The van der Waals surface area contributed by atoms with E-state index in [0.29, 0.717) is 48.9 Å². The molecule has 8 bridgehead atoms. The fourth-order valence-electron chi connectivity index (χ4n) is 7.39. The van der Waals surface area contributed by atoms with Crippen molar-refractivity contribution in [2.45, 2.75) is 58.8 Å². The van der Waals surface area contributed by atoms with Crippen molar-refractivity contribution in [3.8, 4) is 16.9 Å². The maximum Gasteiger partial charge on any atom is 0.354 e. The van der Waals surface area contributed by atoms with Gasteiger partial charge in [-0.05, 0) is 98.5 Å². The number of carbonyl (C=O) groups excluding carboxylic acids is 1. The number of hydrogen-bond acceptors (Lipinski definition) is 6. The Hall–Kier alpha value is -4.93. The minimum Gasteiger partial charge on any atom is -0.493 e. The molecule has 3 aromatic heterocycles. The second-order valence-electron chi connectivity index (χ2n) is 13.1. The van der Waals surface area contributed by atoms with Gasteiger partial charge in [-0.25, -0.2) is 9.18 Å². The van der Waals surface area contributed by atoms with Gasteiger partial charge in [0, 0.05) is 64.5 Å². The number of benzene rings is 3. The molecule has 1 atom stereocenters. The second-order valence-corrected chi connectivity index (χ2v) is 13.5. The summed E-state index contributed by atoms with van der Waals surface area (Å²) in [6, 6.07) is 14.7. The van der Waals surface area contributed by atoms with Gasteiger partial charge in [-0.2, -0.15) is 10.2 Å². The highest BCUT2D eigenvalue weighted by molar-refractivity contribution is 6.35. The van der Waals surface area contributed by atoms with E-state index in [2.05, 4.69) is 12.6 Å². The summed E-state index contributed by atoms with van der Waals surface area (Å²) >= 11 is 7.11. The van der Waals surface area contributed by atoms with Crippen molar-refractivity contribution in [2.75, 3.05) is 13.7 Å². The smallest absolute Gasteiger partial charge is 0.354 e. The summed E-state index contributed by atoms with van der Waals surface area (Å²) in [5.74, 6) is -0.0462. The van der Waals surface area contributed by atoms with Gasteiger partial charge < -0.3 is 18.8 Å². The van der Waals surface area contributed by atoms with Crippen LogP contribution in [0.5, 0.6) is 5.75 Å². The Kier molecular flexibility index (Phi) is 9.48. The lowest BCUT2D eigenvalue weighted by Crippen LogP contribution is -2.13. The minimum atomic E-state index is -0.445. The maximum atomic E-state index is 14.4. The number of aromatic nitrogens is 5. The van der Waals surface area contributed by atoms with Gasteiger partial charge in [0.15, 0.2) is 0 Å². The molecule has 264 valence electrons. The molecular formula is C40H41ClFN5O4. The first-order valence-corrected chi connectivity index (χ1v) is 17.5. The number of fused-ring (bicyclic) bond motifs is 8. The second kappa shape index (κ2) is 14.0. The molecule has 0 radical (unpaired) electrons. The van der Waals surface area contributed by atoms with E-state index in [-0.39, 0.29) is 12.4 Å². The lowest BCUT2D eigenvalue weighted by atomic mass is 9.94. The molecule has 1 aliphatic rings. The van der Waals surface area contributed by atoms with E-state index in [9.17, 15) is 9.18 Å². The van der Waals surface area contributed by atoms with Crippen molar-refractivity contribution in [1.82, 2.24) is 24.1 Å². The SMILES string of the molecule is C=CCC1OCc2cc(n(C)n2)CCc2cc(c3ccc(F)cc3c2)OCCCn2c(C(=O)OC)c(C)c3c(c(Cl)ccc32)-c2c1nn(C)c2C. The molecule has 51 heavy (non-hydrogen) atoms. The molecule has 3 aromatic carbocycles. The van der Waals surface area contributed by atoms with Crippen LogP contribution in [-0.2, 0) is 49.6 Å². The Morgan fingerprint density at radius 3 is 2.69 bits per heavy atom. The van der Waals surface area contributed by atoms with Crippen molar-refractivity contribution < 1.29 is 23.4 Å². The van der Waals surface area contributed by atoms with E-state index in [1.54, 1.807) is 12.1 Å². The fourth-order valence-corrected chi connectivity index (χ4v) is 7.65. The zero-order valence-electron chi connectivity index (χ0n) is 29.6. The summed E-state index contributed by atoms with van der Waals surface area (Å²) < 4.78 is 38.5. The van der Waals surface area contributed by atoms with Gasteiger partial charge in [0.1, 0.15) is 23.4 Å². The summed E-state index contributed by atoms with van der Waals surface area (Å²) in [5, 5.41) is 12.7. The zero-order chi connectivity index (χ0) is 36.0. The van der Waals surface area contributed by atoms with Crippen LogP contribution < -0.4 is 4.74 Å². The fraction of sp³-hybridized carbons (Fsp3) is 0.325. The van der Waals surface area contributed by atoms with Crippen LogP contribution in [0.4, 0.5) is 4.39 Å². The number of ether oxygens (including phenoxy) is 3. The third-order valence-electron chi connectivity index (χ3n) is 9.95. The molecule has 4 heterocycles. The van der Waals surface area contributed by atoms with E-state index in [1.807, 2.05) is 72.2 Å². The highest BCUT2D eigenvalue weighted by Crippen LogP contribution is 2.44. The van der Waals surface area contributed by atoms with Crippen molar-refractivity contribution in [3.05, 3.63) is 112 Å². The van der Waals surface area contributed by atoms with Crippen LogP contribution in [-0.4, -0.2) is 43.8 Å². The first kappa shape index (κ1) is 34.5. The van der Waals surface area contributed by atoms with E-state index in [0.717, 1.165) is 73.1 Å². The molecule has 0 saturated heterocycles. The number of nitrogens with zero attached hydrogens (tertiary/aromatic N) is 5. The predicted molar refractivity (Wildman–Crippen MR) is 197 cm³/mol. The van der Waals surface area contributed by atoms with Gasteiger partial charge >= 0.3 is 5.97 Å². The average Bonchev–Trinajstić information content (AvgIpc) is 3.72. The average molecular weight is 710 g/mol. The molecule has 1 aliphatic heterocycles. The first-order valence-electron chi connectivity index (χ1n) is 17.1. The molecule has 0 aliphatic carbocycles. The van der Waals surface area contributed by atoms with E-state index >= 15 is 0 Å². The lowest BCUT2D eigenvalue weighted by Gasteiger charge is -2.17. The van der Waals surface area contributed by atoms with Crippen molar-refractivity contribution in [1.29, 1.82) is 0 Å². The minimum absolute atomic E-state index is 0.258. The first-order chi connectivity index (χ1) is 24.6. The van der Waals surface area contributed by atoms with Gasteiger partial charge in [-0.1, -0.05) is 23.7 Å². The zero-order valence-corrected chi connectivity index (χ0v) is 30.3. The number of carbonyl (C=O) groups is 1. The summed E-state index contributed by atoms with van der Waals surface area (Å²) in [6.07, 6.45) is 3.90. The van der Waals surface area contributed by atoms with Crippen LogP contribution in [0, 0.1) is 19.7 Å². The Balaban J connectivity index is 1.41. The maximum absolute atomic E-state index is 14.4. The Labute approximate surface area is 301 Å². The van der Waals surface area contributed by atoms with Crippen LogP contribution in [0.15, 0.2) is 61.2 Å². The summed E-state index contributed by atoms with van der Waals surface area (Å²) in [7, 11) is 5.23. The number of aryl methyl sites for hydroxylation is 6. The van der Waals surface area contributed by atoms with Crippen LogP contribution in [0.1, 0.15) is 63.3 Å². The standard InChI is InChI=1S/C40H41ClFN5O4/c1-7-9-33-38-36(24(3)45(4)44-38)37-31(41)14-15-32-35(37)23(2)39(40(48)49-6)47(32)16-8-17-50-34-19-25(18-26-20-27(42)11-13-30(26)34)10-12-29-21-28(22-51-33)43-46(29)5/h7,11,13-15,18-21,33H,1,8-10,12,16-17,22H2,2-6H3. The van der Waals surface area contributed by atoms with Crippen molar-refractivity contribution in [2.24, 2.45) is 14.1 Å². The van der Waals surface area contributed by atoms with Crippen LogP contribution >= 0.6 is 11.6 Å². The van der Waals surface area contributed by atoms with Gasteiger partial charge in [0.2, 0.25) is 0 Å². The van der Waals surface area contributed by atoms with Crippen LogP contribution in [0.2, 0.25) is 5.02 Å². The summed E-state index contributed by atoms with van der Waals surface area (Å²) in [6.45, 7) is 9.06. The number of methoxy groups -OCH3 is 1. The molecule has 9 nitrogen and oxygen atoms in total. The summed E-state index contributed by atoms with van der Waals surface area (Å²) in [5.41, 5.74) is 8.21. The third kappa shape index (κ3) is 6.31. The third-order valence-corrected chi connectivity index (χ3v) is 10.3. The molecule has 0 saturated carbocycles. The highest BCUT2D eigenvalue weighted by Gasteiger charge is 2.30. The Morgan fingerprint density at radius 2 is 1.90 bits per heavy atom. The van der Waals surface area contributed by atoms with Crippen molar-refractivity contribution in [3.63, 3.8) is 0 Å². The normalized spacial score (nSPS) is 15.4. The monoisotopic (exact) mass is 709 g/mol. The molecule has 0 N–H and O–H groups in total. The predicted octanol–water partition coefficient (Wildman–Crippen LogP) is 8.53. The number of esters is 1. The van der Waals surface area contributed by atoms with Crippen LogP contribution in [0.25, 0.3) is 32.8 Å². The van der Waals surface area contributed by atoms with Gasteiger partial charge in [0.05, 0.1) is 31.7 Å². The molecule has 0 spiro atoms. The number of halogens is 2. The summed E-state index contributed by atoms with van der Waals surface area (Å²) in [4.78, 5) is 13.4. The molecule has 7 rings (SSSR count). The van der Waals surface area contributed by atoms with E-state index in [4.69, 9.17) is 36.0 Å². The molecule has 11 heteroatoms. The topological polar surface area (TPSA) is 85.3 Å². The van der Waals surface area contributed by atoms with Gasteiger partial charge in [-0.15, -0.1) is 6.58 Å². The van der Waals surface area contributed by atoms with Gasteiger partial charge in [0.25, 0.3) is 0 Å². The largest absolute Gasteiger partial charge is 0.493 e. The lowest BCUT2D eigenvalue weighted by molar-refractivity contribution is 0.0368. The quantitative estimate of drug-likeness (QED) is 0.135. The molecular weight excluding hydrogens is 669 g/mol. The Bertz CT molecular complexity index is 2320. The highest BCUT2D eigenvalue weighted by atomic mass is 35.5. The Morgan fingerprint density at radius 1 is 1.08 bits per heavy atom. The molecule has 0 fully saturated rings. The number of hydrogen-bond donors (Lipinski definition) is 0. The van der Waals surface area contributed by atoms with Crippen molar-refractivity contribution >= 4 is 39.2 Å². The molecule has 0 amide bonds. The van der Waals surface area contributed by atoms with E-state index in [1.165, 1.54) is 13.2 Å². The number of rotatable bonds is 3. The van der Waals surface area contributed by atoms with Crippen LogP contribution in [0.3, 0.4) is 0 Å². The van der Waals surface area contributed by atoms with Gasteiger partial charge in [-0.3, -0.25) is 9.36 Å². The molecule has 6 aromatic rings. The van der Waals surface area contributed by atoms with E-state index < -0.39 is 12.1 Å².